The van der Waals surface area contributed by atoms with E-state index in [2.05, 4.69) is 24.0 Å². The second-order valence-corrected chi connectivity index (χ2v) is 17.4. The summed E-state index contributed by atoms with van der Waals surface area (Å²) in [6.45, 7) is 15.4. The topological polar surface area (TPSA) is 153 Å². The minimum Gasteiger partial charge on any atom is -0.458 e. The number of ether oxygens (including phenoxy) is 5. The lowest BCUT2D eigenvalue weighted by molar-refractivity contribution is -0.295. The molecule has 0 saturated carbocycles. The van der Waals surface area contributed by atoms with Gasteiger partial charge in [-0.15, -0.1) is 0 Å². The largest absolute Gasteiger partial charge is 0.458 e. The first kappa shape index (κ1) is 43.1. The molecule has 1 amide bonds. The van der Waals surface area contributed by atoms with Gasteiger partial charge in [-0.2, -0.15) is 5.01 Å². The number of benzene rings is 1. The lowest BCUT2D eigenvalue weighted by atomic mass is 9.73. The zero-order chi connectivity index (χ0) is 41.6. The van der Waals surface area contributed by atoms with Gasteiger partial charge in [0.25, 0.3) is 0 Å². The summed E-state index contributed by atoms with van der Waals surface area (Å²) in [5.74, 6) is -3.76. The lowest BCUT2D eigenvalue weighted by Gasteiger charge is -2.47. The van der Waals surface area contributed by atoms with E-state index in [0.29, 0.717) is 19.4 Å². The minimum atomic E-state index is -1.28. The summed E-state index contributed by atoms with van der Waals surface area (Å²) < 4.78 is 31.6. The van der Waals surface area contributed by atoms with Gasteiger partial charge in [-0.1, -0.05) is 39.0 Å². The molecule has 57 heavy (non-hydrogen) atoms. The Morgan fingerprint density at radius 2 is 1.75 bits per heavy atom. The molecule has 0 spiro atoms. The highest BCUT2D eigenvalue weighted by Gasteiger charge is 2.61. The number of aryl methyl sites for hydroxylation is 1. The van der Waals surface area contributed by atoms with E-state index >= 15 is 0 Å². The van der Waals surface area contributed by atoms with E-state index in [1.54, 1.807) is 39.1 Å². The summed E-state index contributed by atoms with van der Waals surface area (Å²) in [4.78, 5) is 54.0. The van der Waals surface area contributed by atoms with E-state index in [4.69, 9.17) is 28.7 Å². The Kier molecular flexibility index (Phi) is 12.8. The van der Waals surface area contributed by atoms with Gasteiger partial charge in [-0.3, -0.25) is 19.6 Å². The average molecular weight is 794 g/mol. The van der Waals surface area contributed by atoms with Crippen molar-refractivity contribution in [1.82, 2.24) is 19.9 Å². The van der Waals surface area contributed by atoms with Crippen LogP contribution in [0.2, 0.25) is 0 Å². The number of hydrazine groups is 1. The fourth-order valence-corrected chi connectivity index (χ4v) is 9.80. The summed E-state index contributed by atoms with van der Waals surface area (Å²) in [5, 5.41) is 16.2. The molecule has 1 unspecified atom stereocenters. The quantitative estimate of drug-likeness (QED) is 0.282. The van der Waals surface area contributed by atoms with Crippen LogP contribution in [0.25, 0.3) is 10.9 Å². The highest BCUT2D eigenvalue weighted by molar-refractivity contribution is 6.00. The molecule has 14 nitrogen and oxygen atoms in total. The number of ketones is 1. The van der Waals surface area contributed by atoms with Crippen molar-refractivity contribution in [1.29, 1.82) is 0 Å². The van der Waals surface area contributed by atoms with Crippen LogP contribution in [-0.4, -0.2) is 137 Å². The maximum atomic E-state index is 14.3. The number of aromatic nitrogens is 1. The zero-order valence-corrected chi connectivity index (χ0v) is 35.5. The van der Waals surface area contributed by atoms with Gasteiger partial charge in [-0.25, -0.2) is 9.80 Å². The summed E-state index contributed by atoms with van der Waals surface area (Å²) >= 11 is 0. The molecule has 4 aliphatic heterocycles. The monoisotopic (exact) mass is 793 g/mol. The number of likely N-dealkylation sites (N-methyl/N-ethyl adjacent to an activating group) is 1. The van der Waals surface area contributed by atoms with Gasteiger partial charge in [-0.05, 0) is 98.0 Å². The highest BCUT2D eigenvalue weighted by atomic mass is 16.7. The fourth-order valence-electron chi connectivity index (χ4n) is 9.80. The van der Waals surface area contributed by atoms with E-state index in [0.717, 1.165) is 29.5 Å². The molecular weight excluding hydrogens is 730 g/mol. The fraction of sp³-hybridized carbons (Fsp3) is 0.698. The second kappa shape index (κ2) is 17.0. The molecule has 3 fully saturated rings. The molecule has 1 aromatic carbocycles. The maximum Gasteiger partial charge on any atom is 0.425 e. The molecule has 2 bridgehead atoms. The van der Waals surface area contributed by atoms with Crippen LogP contribution >= 0.6 is 0 Å². The van der Waals surface area contributed by atoms with Crippen molar-refractivity contribution in [2.45, 2.75) is 135 Å². The Bertz CT molecular complexity index is 1820. The number of pyridine rings is 1. The van der Waals surface area contributed by atoms with Gasteiger partial charge >= 0.3 is 12.1 Å². The number of carbonyl (C=O) groups excluding carboxylic acids is 3. The predicted molar refractivity (Wildman–Crippen MR) is 214 cm³/mol. The molecule has 5 heterocycles. The SMILES string of the molecule is CO[C@@]1(C)C[C@@H](C)C2=NCN(CCCc3cccc4ncccc34)N3C(=O)O[C@](C)([C@H](C)OC(=O)C(C)C(=O)[C@H](C)[C@H]1O[C@@H]1O[C@H](C)C[C@H](N(C)C)[C@H]1O)[C@H]3[C@@H]2C. The Balaban J connectivity index is 1.37. The maximum absolute atomic E-state index is 14.3. The van der Waals surface area contributed by atoms with Gasteiger partial charge in [0.15, 0.2) is 17.7 Å². The molecule has 2 aromatic rings. The smallest absolute Gasteiger partial charge is 0.425 e. The van der Waals surface area contributed by atoms with Crippen LogP contribution < -0.4 is 0 Å². The van der Waals surface area contributed by atoms with Crippen LogP contribution in [0.4, 0.5) is 4.79 Å². The Morgan fingerprint density at radius 1 is 1.02 bits per heavy atom. The van der Waals surface area contributed by atoms with Crippen molar-refractivity contribution >= 4 is 34.5 Å². The third kappa shape index (κ3) is 8.23. The number of hydrogen-bond acceptors (Lipinski definition) is 13. The van der Waals surface area contributed by atoms with E-state index in [-0.39, 0.29) is 30.7 Å². The number of nitrogens with zero attached hydrogens (tertiary/aromatic N) is 5. The number of aliphatic hydroxyl groups excluding tert-OH is 1. The Labute approximate surface area is 337 Å². The number of methoxy groups -OCH3 is 1. The molecule has 0 radical (unpaired) electrons. The van der Waals surface area contributed by atoms with Crippen LogP contribution in [0.15, 0.2) is 41.5 Å². The predicted octanol–water partition coefficient (Wildman–Crippen LogP) is 5.04. The standard InChI is InChI=1S/C43H63N5O9/c1-24-22-42(7,53-11)38(56-40-36(50)33(46(9)10)21-25(2)54-40)27(4)35(49)28(5)39(51)55-29(6)43(8)37-26(3)34(24)45-23-47(48(37)41(52)57-43)20-14-16-30-15-12-18-32-31(30)17-13-19-44-32/h12-13,15,17-19,24-29,33,36-38,40,50H,14,16,20-23H2,1-11H3/t24-,25-,26-,27+,28?,29+,33+,36-,37-,38-,40+,42+,43-/m1/s1. The summed E-state index contributed by atoms with van der Waals surface area (Å²) in [6, 6.07) is 9.30. The van der Waals surface area contributed by atoms with Crippen molar-refractivity contribution in [3.63, 3.8) is 0 Å². The first-order chi connectivity index (χ1) is 26.9. The van der Waals surface area contributed by atoms with Crippen molar-refractivity contribution in [3.8, 4) is 0 Å². The zero-order valence-electron chi connectivity index (χ0n) is 35.5. The Hall–Kier alpha value is -3.53. The molecule has 13 atom stereocenters. The number of carbonyl (C=O) groups is 3. The molecule has 4 aliphatic rings. The molecule has 1 N–H and O–H groups in total. The molecule has 6 rings (SSSR count). The third-order valence-corrected chi connectivity index (χ3v) is 13.2. The molecule has 1 aromatic heterocycles. The summed E-state index contributed by atoms with van der Waals surface area (Å²) in [6.07, 6.45) is -0.442. The number of Topliss-reactive ketones (excluding diaryl/α,β-unsaturated/α-hetero) is 1. The van der Waals surface area contributed by atoms with Crippen LogP contribution in [0.3, 0.4) is 0 Å². The Morgan fingerprint density at radius 3 is 2.46 bits per heavy atom. The number of amides is 1. The van der Waals surface area contributed by atoms with E-state index < -0.39 is 71.5 Å². The number of rotatable bonds is 8. The highest BCUT2D eigenvalue weighted by Crippen LogP contribution is 2.44. The number of esters is 1. The van der Waals surface area contributed by atoms with Crippen molar-refractivity contribution in [3.05, 3.63) is 42.1 Å². The summed E-state index contributed by atoms with van der Waals surface area (Å²) in [7, 11) is 5.39. The lowest BCUT2D eigenvalue weighted by Crippen LogP contribution is -2.60. The summed E-state index contributed by atoms with van der Waals surface area (Å²) in [5.41, 5.74) is 0.546. The van der Waals surface area contributed by atoms with E-state index in [1.165, 1.54) is 12.5 Å². The van der Waals surface area contributed by atoms with Gasteiger partial charge in [0.05, 0.1) is 23.3 Å². The molecule has 314 valence electrons. The van der Waals surface area contributed by atoms with Crippen LogP contribution in [0, 0.1) is 23.7 Å². The number of aliphatic hydroxyl groups is 1. The van der Waals surface area contributed by atoms with Crippen molar-refractivity contribution < 1.29 is 43.2 Å². The van der Waals surface area contributed by atoms with Crippen molar-refractivity contribution in [2.75, 3.05) is 34.4 Å². The molecule has 3 saturated heterocycles. The number of cyclic esters (lactones) is 1. The average Bonchev–Trinajstić information content (AvgIpc) is 3.35. The number of aliphatic imine (C=N–C) groups is 1. The van der Waals surface area contributed by atoms with Gasteiger partial charge < -0.3 is 33.7 Å². The molecular formula is C43H63N5O9. The minimum absolute atomic E-state index is 0.207. The third-order valence-electron chi connectivity index (χ3n) is 13.2. The normalized spacial score (nSPS) is 38.4. The molecule has 0 aliphatic carbocycles. The van der Waals surface area contributed by atoms with Gasteiger partial charge in [0, 0.05) is 48.8 Å². The second-order valence-electron chi connectivity index (χ2n) is 17.4. The van der Waals surface area contributed by atoms with Crippen LogP contribution in [-0.2, 0) is 39.7 Å². The molecule has 14 heteroatoms. The van der Waals surface area contributed by atoms with E-state index in [1.807, 2.05) is 63.0 Å². The van der Waals surface area contributed by atoms with Crippen molar-refractivity contribution in [2.24, 2.45) is 28.7 Å². The first-order valence-corrected chi connectivity index (χ1v) is 20.5. The van der Waals surface area contributed by atoms with Crippen LogP contribution in [0.1, 0.15) is 80.2 Å². The number of hydrogen-bond donors (Lipinski definition) is 1. The van der Waals surface area contributed by atoms with Gasteiger partial charge in [0.2, 0.25) is 0 Å². The van der Waals surface area contributed by atoms with Crippen LogP contribution in [0.5, 0.6) is 0 Å². The number of fused-ring (bicyclic) bond motifs is 2. The first-order valence-electron chi connectivity index (χ1n) is 20.5. The van der Waals surface area contributed by atoms with Gasteiger partial charge in [0.1, 0.15) is 30.8 Å². The van der Waals surface area contributed by atoms with E-state index in [9.17, 15) is 19.5 Å².